The van der Waals surface area contributed by atoms with E-state index in [0.717, 1.165) is 5.56 Å². The molecular weight excluding hydrogens is 238 g/mol. The van der Waals surface area contributed by atoms with E-state index in [1.807, 2.05) is 12.1 Å². The van der Waals surface area contributed by atoms with Crippen LogP contribution in [-0.4, -0.2) is 19.7 Å². The van der Waals surface area contributed by atoms with Crippen molar-refractivity contribution in [3.8, 4) is 17.1 Å². The molecule has 0 radical (unpaired) electrons. The molecule has 5 heteroatoms. The van der Waals surface area contributed by atoms with Gasteiger partial charge in [-0.05, 0) is 36.4 Å². The van der Waals surface area contributed by atoms with Crippen molar-refractivity contribution in [2.75, 3.05) is 0 Å². The van der Waals surface area contributed by atoms with Crippen molar-refractivity contribution in [2.24, 2.45) is 0 Å². The van der Waals surface area contributed by atoms with Gasteiger partial charge >= 0.3 is 0 Å². The first kappa shape index (κ1) is 10.1. The Bertz CT molecular complexity index is 676. The number of halogens is 1. The zero-order chi connectivity index (χ0) is 11.8. The second kappa shape index (κ2) is 3.75. The maximum atomic E-state index is 9.25. The van der Waals surface area contributed by atoms with Crippen LogP contribution in [0.4, 0.5) is 0 Å². The molecule has 2 heterocycles. The lowest BCUT2D eigenvalue weighted by Gasteiger charge is -2.02. The lowest BCUT2D eigenvalue weighted by Crippen LogP contribution is -1.90. The molecule has 0 amide bonds. The lowest BCUT2D eigenvalue weighted by molar-refractivity contribution is 0.475. The smallest absolute Gasteiger partial charge is 0.169 e. The SMILES string of the molecule is Oc1ccc(-c2nnc3cccc(Cl)n23)cc1. The van der Waals surface area contributed by atoms with E-state index in [-0.39, 0.29) is 5.75 Å². The summed E-state index contributed by atoms with van der Waals surface area (Å²) in [5.41, 5.74) is 1.55. The first-order valence-corrected chi connectivity index (χ1v) is 5.42. The highest BCUT2D eigenvalue weighted by Gasteiger charge is 2.09. The van der Waals surface area contributed by atoms with E-state index in [2.05, 4.69) is 10.2 Å². The largest absolute Gasteiger partial charge is 0.508 e. The molecule has 1 N–H and O–H groups in total. The van der Waals surface area contributed by atoms with Crippen molar-refractivity contribution in [3.63, 3.8) is 0 Å². The van der Waals surface area contributed by atoms with E-state index < -0.39 is 0 Å². The van der Waals surface area contributed by atoms with Crippen molar-refractivity contribution >= 4 is 17.2 Å². The number of pyridine rings is 1. The third kappa shape index (κ3) is 1.62. The van der Waals surface area contributed by atoms with Gasteiger partial charge in [0, 0.05) is 5.56 Å². The third-order valence-electron chi connectivity index (χ3n) is 2.51. The first-order chi connectivity index (χ1) is 8.25. The molecule has 0 saturated heterocycles. The second-order valence-electron chi connectivity index (χ2n) is 3.61. The van der Waals surface area contributed by atoms with Gasteiger partial charge in [0.05, 0.1) is 0 Å². The highest BCUT2D eigenvalue weighted by molar-refractivity contribution is 6.29. The molecule has 0 atom stereocenters. The number of hydrogen-bond donors (Lipinski definition) is 1. The summed E-state index contributed by atoms with van der Waals surface area (Å²) in [5.74, 6) is 0.874. The fourth-order valence-corrected chi connectivity index (χ4v) is 1.94. The van der Waals surface area contributed by atoms with Crippen LogP contribution in [-0.2, 0) is 0 Å². The summed E-state index contributed by atoms with van der Waals surface area (Å²) in [6.07, 6.45) is 0. The predicted molar refractivity (Wildman–Crippen MR) is 65.1 cm³/mol. The number of phenolic OH excluding ortho intramolecular Hbond substituents is 1. The predicted octanol–water partition coefficient (Wildman–Crippen LogP) is 2.76. The number of aromatic hydroxyl groups is 1. The van der Waals surface area contributed by atoms with E-state index in [0.29, 0.717) is 16.6 Å². The number of hydrogen-bond acceptors (Lipinski definition) is 3. The van der Waals surface area contributed by atoms with Gasteiger partial charge in [-0.3, -0.25) is 4.40 Å². The molecular formula is C12H8ClN3O. The molecule has 0 saturated carbocycles. The summed E-state index contributed by atoms with van der Waals surface area (Å²) >= 11 is 6.12. The monoisotopic (exact) mass is 245 g/mol. The lowest BCUT2D eigenvalue weighted by atomic mass is 10.2. The van der Waals surface area contributed by atoms with E-state index in [1.165, 1.54) is 0 Å². The van der Waals surface area contributed by atoms with Crippen molar-refractivity contribution in [1.29, 1.82) is 0 Å². The van der Waals surface area contributed by atoms with Crippen LogP contribution < -0.4 is 0 Å². The minimum Gasteiger partial charge on any atom is -0.508 e. The van der Waals surface area contributed by atoms with Gasteiger partial charge in [0.2, 0.25) is 0 Å². The molecule has 0 spiro atoms. The number of aromatic nitrogens is 3. The number of nitrogens with zero attached hydrogens (tertiary/aromatic N) is 3. The molecule has 0 aliphatic carbocycles. The molecule has 0 aliphatic heterocycles. The fraction of sp³-hybridized carbons (Fsp3) is 0. The molecule has 3 rings (SSSR count). The Morgan fingerprint density at radius 3 is 2.53 bits per heavy atom. The number of rotatable bonds is 1. The molecule has 3 aromatic rings. The number of fused-ring (bicyclic) bond motifs is 1. The molecule has 17 heavy (non-hydrogen) atoms. The highest BCUT2D eigenvalue weighted by Crippen LogP contribution is 2.23. The molecule has 84 valence electrons. The van der Waals surface area contributed by atoms with Gasteiger partial charge in [0.25, 0.3) is 0 Å². The van der Waals surface area contributed by atoms with E-state index in [1.54, 1.807) is 34.7 Å². The quantitative estimate of drug-likeness (QED) is 0.671. The van der Waals surface area contributed by atoms with Crippen LogP contribution in [0.3, 0.4) is 0 Å². The van der Waals surface area contributed by atoms with Crippen LogP contribution >= 0.6 is 11.6 Å². The van der Waals surface area contributed by atoms with Crippen LogP contribution in [0.1, 0.15) is 0 Å². The summed E-state index contributed by atoms with van der Waals surface area (Å²) < 4.78 is 1.76. The van der Waals surface area contributed by atoms with Gasteiger partial charge in [-0.1, -0.05) is 17.7 Å². The summed E-state index contributed by atoms with van der Waals surface area (Å²) in [7, 11) is 0. The van der Waals surface area contributed by atoms with E-state index >= 15 is 0 Å². The van der Waals surface area contributed by atoms with Gasteiger partial charge in [-0.2, -0.15) is 0 Å². The maximum Gasteiger partial charge on any atom is 0.169 e. The van der Waals surface area contributed by atoms with Gasteiger partial charge in [0.1, 0.15) is 10.9 Å². The van der Waals surface area contributed by atoms with Gasteiger partial charge < -0.3 is 5.11 Å². The maximum absolute atomic E-state index is 9.25. The average molecular weight is 246 g/mol. The van der Waals surface area contributed by atoms with E-state index in [4.69, 9.17) is 11.6 Å². The topological polar surface area (TPSA) is 50.4 Å². The molecule has 0 aliphatic rings. The van der Waals surface area contributed by atoms with E-state index in [9.17, 15) is 5.11 Å². The minimum absolute atomic E-state index is 0.216. The molecule has 0 unspecified atom stereocenters. The molecule has 1 aromatic carbocycles. The standard InChI is InChI=1S/C12H8ClN3O/c13-10-2-1-3-11-14-15-12(16(10)11)8-4-6-9(17)7-5-8/h1-7,17H. The molecule has 0 fully saturated rings. The zero-order valence-electron chi connectivity index (χ0n) is 8.71. The summed E-state index contributed by atoms with van der Waals surface area (Å²) in [6, 6.07) is 12.2. The van der Waals surface area contributed by atoms with Crippen molar-refractivity contribution in [1.82, 2.24) is 14.6 Å². The van der Waals surface area contributed by atoms with Crippen LogP contribution in [0, 0.1) is 0 Å². The molecule has 4 nitrogen and oxygen atoms in total. The van der Waals surface area contributed by atoms with Crippen molar-refractivity contribution in [2.45, 2.75) is 0 Å². The Kier molecular flexibility index (Phi) is 2.23. The average Bonchev–Trinajstić information content (AvgIpc) is 2.75. The minimum atomic E-state index is 0.216. The highest BCUT2D eigenvalue weighted by atomic mass is 35.5. The molecule has 2 aromatic heterocycles. The Labute approximate surface area is 102 Å². The van der Waals surface area contributed by atoms with Crippen LogP contribution in [0.25, 0.3) is 17.0 Å². The summed E-state index contributed by atoms with van der Waals surface area (Å²) in [5, 5.41) is 18.0. The van der Waals surface area contributed by atoms with Crippen LogP contribution in [0.2, 0.25) is 5.15 Å². The third-order valence-corrected chi connectivity index (χ3v) is 2.80. The van der Waals surface area contributed by atoms with Crippen LogP contribution in [0.15, 0.2) is 42.5 Å². The second-order valence-corrected chi connectivity index (χ2v) is 4.00. The molecule has 0 bridgehead atoms. The first-order valence-electron chi connectivity index (χ1n) is 5.05. The Morgan fingerprint density at radius 2 is 1.76 bits per heavy atom. The normalized spacial score (nSPS) is 10.9. The summed E-state index contributed by atoms with van der Waals surface area (Å²) in [4.78, 5) is 0. The van der Waals surface area contributed by atoms with Crippen molar-refractivity contribution in [3.05, 3.63) is 47.6 Å². The Morgan fingerprint density at radius 1 is 1.00 bits per heavy atom. The number of benzene rings is 1. The van der Waals surface area contributed by atoms with Crippen LogP contribution in [0.5, 0.6) is 5.75 Å². The Balaban J connectivity index is 2.27. The van der Waals surface area contributed by atoms with Crippen molar-refractivity contribution < 1.29 is 5.11 Å². The number of phenols is 1. The fourth-order valence-electron chi connectivity index (χ4n) is 1.70. The van der Waals surface area contributed by atoms with Gasteiger partial charge in [-0.15, -0.1) is 10.2 Å². The zero-order valence-corrected chi connectivity index (χ0v) is 9.46. The summed E-state index contributed by atoms with van der Waals surface area (Å²) in [6.45, 7) is 0. The van der Waals surface area contributed by atoms with Gasteiger partial charge in [0.15, 0.2) is 11.5 Å². The van der Waals surface area contributed by atoms with Gasteiger partial charge in [-0.25, -0.2) is 0 Å². The Hall–Kier alpha value is -2.07.